The second kappa shape index (κ2) is 5.28. The van der Waals surface area contributed by atoms with E-state index in [9.17, 15) is 0 Å². The summed E-state index contributed by atoms with van der Waals surface area (Å²) in [7, 11) is 0. The quantitative estimate of drug-likeness (QED) is 0.722. The van der Waals surface area contributed by atoms with Crippen LogP contribution in [0.2, 0.25) is 0 Å². The molecule has 1 aliphatic heterocycles. The first-order chi connectivity index (χ1) is 7.79. The number of rotatable bonds is 3. The van der Waals surface area contributed by atoms with Crippen LogP contribution >= 0.6 is 0 Å². The van der Waals surface area contributed by atoms with E-state index >= 15 is 0 Å². The Morgan fingerprint density at radius 2 is 2.12 bits per heavy atom. The van der Waals surface area contributed by atoms with Crippen molar-refractivity contribution < 1.29 is 4.74 Å². The highest BCUT2D eigenvalue weighted by atomic mass is 16.5. The molecule has 16 heavy (non-hydrogen) atoms. The Morgan fingerprint density at radius 3 is 2.81 bits per heavy atom. The second-order valence-electron chi connectivity index (χ2n) is 4.35. The van der Waals surface area contributed by atoms with Gasteiger partial charge in [0.2, 0.25) is 0 Å². The first kappa shape index (κ1) is 11.4. The molecule has 1 aliphatic rings. The van der Waals surface area contributed by atoms with Crippen LogP contribution in [-0.2, 0) is 4.74 Å². The van der Waals surface area contributed by atoms with Crippen molar-refractivity contribution in [3.8, 4) is 0 Å². The number of ether oxygens (including phenoxy) is 1. The van der Waals surface area contributed by atoms with Gasteiger partial charge in [0.1, 0.15) is 0 Å². The third kappa shape index (κ3) is 2.71. The molecule has 1 fully saturated rings. The van der Waals surface area contributed by atoms with E-state index in [2.05, 4.69) is 42.7 Å². The van der Waals surface area contributed by atoms with Gasteiger partial charge in [-0.15, -0.1) is 6.58 Å². The Balaban J connectivity index is 2.07. The Morgan fingerprint density at radius 1 is 1.38 bits per heavy atom. The number of morpholine rings is 1. The third-order valence-corrected chi connectivity index (χ3v) is 2.89. The number of hydrogen-bond acceptors (Lipinski definition) is 2. The highest BCUT2D eigenvalue weighted by Gasteiger charge is 2.25. The molecular weight excluding hydrogens is 198 g/mol. The molecule has 2 nitrogen and oxygen atoms in total. The van der Waals surface area contributed by atoms with Crippen molar-refractivity contribution in [1.82, 2.24) is 4.90 Å². The van der Waals surface area contributed by atoms with Crippen LogP contribution in [0, 0.1) is 0 Å². The zero-order chi connectivity index (χ0) is 11.4. The third-order valence-electron chi connectivity index (χ3n) is 2.89. The first-order valence-electron chi connectivity index (χ1n) is 5.83. The zero-order valence-corrected chi connectivity index (χ0v) is 9.80. The summed E-state index contributed by atoms with van der Waals surface area (Å²) in [6, 6.07) is 10.4. The summed E-state index contributed by atoms with van der Waals surface area (Å²) >= 11 is 0. The van der Waals surface area contributed by atoms with Gasteiger partial charge in [-0.2, -0.15) is 0 Å². The van der Waals surface area contributed by atoms with Crippen LogP contribution in [0.5, 0.6) is 0 Å². The van der Waals surface area contributed by atoms with E-state index < -0.39 is 0 Å². The first-order valence-corrected chi connectivity index (χ1v) is 5.83. The van der Waals surface area contributed by atoms with Gasteiger partial charge in [0, 0.05) is 19.6 Å². The summed E-state index contributed by atoms with van der Waals surface area (Å²) in [5, 5.41) is 0. The minimum absolute atomic E-state index is 0.199. The highest BCUT2D eigenvalue weighted by molar-refractivity contribution is 5.18. The van der Waals surface area contributed by atoms with Crippen molar-refractivity contribution in [2.24, 2.45) is 0 Å². The van der Waals surface area contributed by atoms with Crippen molar-refractivity contribution in [3.05, 3.63) is 48.6 Å². The molecule has 1 heterocycles. The maximum Gasteiger partial charge on any atom is 0.0956 e. The fourth-order valence-corrected chi connectivity index (χ4v) is 2.22. The van der Waals surface area contributed by atoms with Gasteiger partial charge in [0.25, 0.3) is 0 Å². The molecule has 2 atom stereocenters. The minimum atomic E-state index is 0.199. The number of hydrogen-bond donors (Lipinski definition) is 0. The SMILES string of the molecule is C=CCN1CC(C)OC(c2ccccc2)C1. The van der Waals surface area contributed by atoms with E-state index in [4.69, 9.17) is 4.74 Å². The molecule has 0 amide bonds. The van der Waals surface area contributed by atoms with Crippen LogP contribution in [-0.4, -0.2) is 30.6 Å². The molecule has 0 aromatic heterocycles. The molecule has 2 unspecified atom stereocenters. The molecule has 2 heteroatoms. The van der Waals surface area contributed by atoms with Gasteiger partial charge in [0.05, 0.1) is 12.2 Å². The molecule has 0 N–H and O–H groups in total. The van der Waals surface area contributed by atoms with Gasteiger partial charge < -0.3 is 4.74 Å². The van der Waals surface area contributed by atoms with E-state index in [0.29, 0.717) is 6.10 Å². The molecule has 86 valence electrons. The zero-order valence-electron chi connectivity index (χ0n) is 9.80. The predicted molar refractivity (Wildman–Crippen MR) is 66.4 cm³/mol. The Hall–Kier alpha value is -1.12. The van der Waals surface area contributed by atoms with Crippen LogP contribution in [0.1, 0.15) is 18.6 Å². The van der Waals surface area contributed by atoms with Crippen molar-refractivity contribution >= 4 is 0 Å². The smallest absolute Gasteiger partial charge is 0.0956 e. The van der Waals surface area contributed by atoms with Gasteiger partial charge >= 0.3 is 0 Å². The van der Waals surface area contributed by atoms with E-state index in [1.807, 2.05) is 12.1 Å². The average Bonchev–Trinajstić information content (AvgIpc) is 2.30. The highest BCUT2D eigenvalue weighted by Crippen LogP contribution is 2.24. The van der Waals surface area contributed by atoms with Crippen LogP contribution in [0.15, 0.2) is 43.0 Å². The molecule has 1 saturated heterocycles. The fraction of sp³-hybridized carbons (Fsp3) is 0.429. The molecule has 0 saturated carbocycles. The standard InChI is InChI=1S/C14H19NO/c1-3-9-15-10-12(2)16-14(11-15)13-7-5-4-6-8-13/h3-8,12,14H,1,9-11H2,2H3. The topological polar surface area (TPSA) is 12.5 Å². The summed E-state index contributed by atoms with van der Waals surface area (Å²) in [4.78, 5) is 2.39. The lowest BCUT2D eigenvalue weighted by atomic mass is 10.1. The van der Waals surface area contributed by atoms with Gasteiger partial charge in [-0.05, 0) is 12.5 Å². The summed E-state index contributed by atoms with van der Waals surface area (Å²) in [6.45, 7) is 8.82. The molecule has 0 radical (unpaired) electrons. The largest absolute Gasteiger partial charge is 0.368 e. The van der Waals surface area contributed by atoms with E-state index in [0.717, 1.165) is 19.6 Å². The molecule has 0 aliphatic carbocycles. The Bertz CT molecular complexity index is 336. The predicted octanol–water partition coefficient (Wildman–Crippen LogP) is 2.63. The van der Waals surface area contributed by atoms with E-state index in [-0.39, 0.29) is 6.10 Å². The van der Waals surface area contributed by atoms with Gasteiger partial charge in [-0.3, -0.25) is 4.90 Å². The van der Waals surface area contributed by atoms with Crippen molar-refractivity contribution in [3.63, 3.8) is 0 Å². The molecule has 2 rings (SSSR count). The van der Waals surface area contributed by atoms with Crippen molar-refractivity contribution in [2.75, 3.05) is 19.6 Å². The van der Waals surface area contributed by atoms with Crippen LogP contribution < -0.4 is 0 Å². The van der Waals surface area contributed by atoms with Crippen molar-refractivity contribution in [1.29, 1.82) is 0 Å². The van der Waals surface area contributed by atoms with Gasteiger partial charge in [-0.1, -0.05) is 36.4 Å². The second-order valence-corrected chi connectivity index (χ2v) is 4.35. The van der Waals surface area contributed by atoms with Crippen LogP contribution in [0.3, 0.4) is 0 Å². The normalized spacial score (nSPS) is 26.6. The summed E-state index contributed by atoms with van der Waals surface area (Å²) in [6.07, 6.45) is 2.45. The van der Waals surface area contributed by atoms with E-state index in [1.54, 1.807) is 0 Å². The number of nitrogens with zero attached hydrogens (tertiary/aromatic N) is 1. The molecule has 0 spiro atoms. The Kier molecular flexibility index (Phi) is 3.75. The lowest BCUT2D eigenvalue weighted by molar-refractivity contribution is -0.0757. The molecule has 1 aromatic rings. The number of benzene rings is 1. The maximum absolute atomic E-state index is 5.97. The van der Waals surface area contributed by atoms with Gasteiger partial charge in [0.15, 0.2) is 0 Å². The summed E-state index contributed by atoms with van der Waals surface area (Å²) in [5.41, 5.74) is 1.27. The maximum atomic E-state index is 5.97. The minimum Gasteiger partial charge on any atom is -0.368 e. The Labute approximate surface area is 97.5 Å². The van der Waals surface area contributed by atoms with E-state index in [1.165, 1.54) is 5.56 Å². The summed E-state index contributed by atoms with van der Waals surface area (Å²) < 4.78 is 5.97. The molecule has 1 aromatic carbocycles. The fourth-order valence-electron chi connectivity index (χ4n) is 2.22. The van der Waals surface area contributed by atoms with Crippen molar-refractivity contribution in [2.45, 2.75) is 19.1 Å². The molecule has 0 bridgehead atoms. The molecular formula is C14H19NO. The lowest BCUT2D eigenvalue weighted by Crippen LogP contribution is -2.42. The summed E-state index contributed by atoms with van der Waals surface area (Å²) in [5.74, 6) is 0. The average molecular weight is 217 g/mol. The van der Waals surface area contributed by atoms with Crippen LogP contribution in [0.4, 0.5) is 0 Å². The lowest BCUT2D eigenvalue weighted by Gasteiger charge is -2.36. The van der Waals surface area contributed by atoms with Crippen LogP contribution in [0.25, 0.3) is 0 Å². The van der Waals surface area contributed by atoms with Gasteiger partial charge in [-0.25, -0.2) is 0 Å². The monoisotopic (exact) mass is 217 g/mol.